The fourth-order valence-corrected chi connectivity index (χ4v) is 3.60. The van der Waals surface area contributed by atoms with Gasteiger partial charge in [0.2, 0.25) is 5.91 Å². The minimum atomic E-state index is -0.886. The molecule has 23 heavy (non-hydrogen) atoms. The summed E-state index contributed by atoms with van der Waals surface area (Å²) in [6.45, 7) is 1.18. The zero-order valence-corrected chi connectivity index (χ0v) is 12.9. The van der Waals surface area contributed by atoms with Crippen LogP contribution in [0, 0.1) is 17.6 Å². The predicted molar refractivity (Wildman–Crippen MR) is 79.7 cm³/mol. The van der Waals surface area contributed by atoms with E-state index in [0.29, 0.717) is 25.1 Å². The standard InChI is InChI=1S/C17H21F2NO3/c18-13-3-1-11(7-14(13)19)2-4-17(22)20-5-6-23-16-9-12(10-21)8-15(16)20/h1,3,7,12,15-16,21H,2,4-6,8-10H2/t12-,15+,16+/m1/s1. The largest absolute Gasteiger partial charge is 0.396 e. The van der Waals surface area contributed by atoms with Crippen molar-refractivity contribution in [3.8, 4) is 0 Å². The van der Waals surface area contributed by atoms with Crippen molar-refractivity contribution in [1.82, 2.24) is 4.90 Å². The molecule has 1 saturated carbocycles. The second-order valence-corrected chi connectivity index (χ2v) is 6.33. The first-order chi connectivity index (χ1) is 11.1. The number of aliphatic hydroxyl groups is 1. The van der Waals surface area contributed by atoms with E-state index in [1.54, 1.807) is 0 Å². The van der Waals surface area contributed by atoms with E-state index in [9.17, 15) is 18.7 Å². The van der Waals surface area contributed by atoms with E-state index in [4.69, 9.17) is 4.74 Å². The van der Waals surface area contributed by atoms with E-state index in [2.05, 4.69) is 0 Å². The SMILES string of the molecule is O=C(CCc1ccc(F)c(F)c1)N1CCO[C@H]2C[C@H](CO)C[C@@H]21. The predicted octanol–water partition coefficient (Wildman–Crippen LogP) is 1.90. The molecule has 126 valence electrons. The highest BCUT2D eigenvalue weighted by molar-refractivity contribution is 5.77. The van der Waals surface area contributed by atoms with E-state index in [0.717, 1.165) is 25.0 Å². The molecule has 0 unspecified atom stereocenters. The molecule has 1 aromatic rings. The second-order valence-electron chi connectivity index (χ2n) is 6.33. The average molecular weight is 325 g/mol. The summed E-state index contributed by atoms with van der Waals surface area (Å²) >= 11 is 0. The van der Waals surface area contributed by atoms with Crippen LogP contribution in [0.1, 0.15) is 24.8 Å². The average Bonchev–Trinajstić information content (AvgIpc) is 2.98. The Morgan fingerprint density at radius 1 is 1.30 bits per heavy atom. The molecule has 4 nitrogen and oxygen atoms in total. The van der Waals surface area contributed by atoms with E-state index in [1.165, 1.54) is 6.07 Å². The summed E-state index contributed by atoms with van der Waals surface area (Å²) in [5.74, 6) is -1.57. The number of aryl methyl sites for hydroxylation is 1. The summed E-state index contributed by atoms with van der Waals surface area (Å²) in [6.07, 6.45) is 2.20. The number of fused-ring (bicyclic) bond motifs is 1. The number of amides is 1. The van der Waals surface area contributed by atoms with Crippen LogP contribution in [0.5, 0.6) is 0 Å². The van der Waals surface area contributed by atoms with Gasteiger partial charge in [0.1, 0.15) is 0 Å². The number of carbonyl (C=O) groups is 1. The van der Waals surface area contributed by atoms with Crippen molar-refractivity contribution in [2.45, 2.75) is 37.8 Å². The van der Waals surface area contributed by atoms with Gasteiger partial charge in [-0.3, -0.25) is 4.79 Å². The number of aliphatic hydroxyl groups excluding tert-OH is 1. The Labute approximate surface area is 134 Å². The smallest absolute Gasteiger partial charge is 0.223 e. The van der Waals surface area contributed by atoms with Crippen LogP contribution in [0.3, 0.4) is 0 Å². The lowest BCUT2D eigenvalue weighted by atomic mass is 10.1. The van der Waals surface area contributed by atoms with Crippen molar-refractivity contribution in [3.63, 3.8) is 0 Å². The molecule has 0 aromatic heterocycles. The quantitative estimate of drug-likeness (QED) is 0.920. The van der Waals surface area contributed by atoms with Crippen LogP contribution >= 0.6 is 0 Å². The Kier molecular flexibility index (Phi) is 4.92. The Hall–Kier alpha value is -1.53. The van der Waals surface area contributed by atoms with E-state index in [1.807, 2.05) is 4.90 Å². The first kappa shape index (κ1) is 16.3. The molecule has 1 aliphatic carbocycles. The Morgan fingerprint density at radius 3 is 2.87 bits per heavy atom. The fraction of sp³-hybridized carbons (Fsp3) is 0.588. The number of hydrogen-bond donors (Lipinski definition) is 1. The third kappa shape index (κ3) is 3.53. The summed E-state index contributed by atoms with van der Waals surface area (Å²) in [5.41, 5.74) is 0.613. The number of rotatable bonds is 4. The van der Waals surface area contributed by atoms with Crippen molar-refractivity contribution < 1.29 is 23.4 Å². The topological polar surface area (TPSA) is 49.8 Å². The molecule has 3 rings (SSSR count). The lowest BCUT2D eigenvalue weighted by Gasteiger charge is -2.37. The Bertz CT molecular complexity index is 581. The maximum absolute atomic E-state index is 13.2. The summed E-state index contributed by atoms with van der Waals surface area (Å²) in [7, 11) is 0. The number of carbonyl (C=O) groups excluding carboxylic acids is 1. The van der Waals surface area contributed by atoms with Gasteiger partial charge in [0.15, 0.2) is 11.6 Å². The maximum atomic E-state index is 13.2. The molecule has 6 heteroatoms. The zero-order valence-electron chi connectivity index (χ0n) is 12.9. The molecule has 1 aliphatic heterocycles. The van der Waals surface area contributed by atoms with Crippen LogP contribution < -0.4 is 0 Å². The van der Waals surface area contributed by atoms with Gasteiger partial charge < -0.3 is 14.7 Å². The first-order valence-electron chi connectivity index (χ1n) is 8.04. The third-order valence-electron chi connectivity index (χ3n) is 4.82. The lowest BCUT2D eigenvalue weighted by Crippen LogP contribution is -2.51. The summed E-state index contributed by atoms with van der Waals surface area (Å²) in [5, 5.41) is 9.31. The molecule has 0 radical (unpaired) electrons. The molecule has 1 N–H and O–H groups in total. The maximum Gasteiger partial charge on any atom is 0.223 e. The van der Waals surface area contributed by atoms with Crippen molar-refractivity contribution in [1.29, 1.82) is 0 Å². The number of morpholine rings is 1. The summed E-state index contributed by atoms with van der Waals surface area (Å²) < 4.78 is 31.8. The Morgan fingerprint density at radius 2 is 2.13 bits per heavy atom. The molecule has 1 amide bonds. The van der Waals surface area contributed by atoms with Crippen molar-refractivity contribution in [2.75, 3.05) is 19.8 Å². The molecule has 2 fully saturated rings. The molecule has 1 heterocycles. The van der Waals surface area contributed by atoms with Crippen LogP contribution in [-0.2, 0) is 16.0 Å². The van der Waals surface area contributed by atoms with Gasteiger partial charge in [-0.1, -0.05) is 6.07 Å². The molecule has 2 aliphatic rings. The second kappa shape index (κ2) is 6.93. The molecular formula is C17H21F2NO3. The van der Waals surface area contributed by atoms with Gasteiger partial charge in [-0.25, -0.2) is 8.78 Å². The molecule has 0 bridgehead atoms. The van der Waals surface area contributed by atoms with Crippen LogP contribution in [0.4, 0.5) is 8.78 Å². The van der Waals surface area contributed by atoms with Crippen molar-refractivity contribution in [3.05, 3.63) is 35.4 Å². The summed E-state index contributed by atoms with van der Waals surface area (Å²) in [4.78, 5) is 14.3. The minimum Gasteiger partial charge on any atom is -0.396 e. The summed E-state index contributed by atoms with van der Waals surface area (Å²) in [6, 6.07) is 3.76. The van der Waals surface area contributed by atoms with Gasteiger partial charge in [0.05, 0.1) is 18.8 Å². The van der Waals surface area contributed by atoms with Crippen molar-refractivity contribution >= 4 is 5.91 Å². The number of ether oxygens (including phenoxy) is 1. The van der Waals surface area contributed by atoms with E-state index in [-0.39, 0.29) is 37.0 Å². The molecule has 1 saturated heterocycles. The van der Waals surface area contributed by atoms with Crippen molar-refractivity contribution in [2.24, 2.45) is 5.92 Å². The van der Waals surface area contributed by atoms with Gasteiger partial charge >= 0.3 is 0 Å². The Balaban J connectivity index is 1.60. The lowest BCUT2D eigenvalue weighted by molar-refractivity contribution is -0.143. The highest BCUT2D eigenvalue weighted by atomic mass is 19.2. The minimum absolute atomic E-state index is 0.00613. The molecule has 0 spiro atoms. The molecular weight excluding hydrogens is 304 g/mol. The van der Waals surface area contributed by atoms with Crippen LogP contribution in [0.2, 0.25) is 0 Å². The highest BCUT2D eigenvalue weighted by Gasteiger charge is 2.42. The van der Waals surface area contributed by atoms with E-state index >= 15 is 0 Å². The van der Waals surface area contributed by atoms with Gasteiger partial charge in [-0.15, -0.1) is 0 Å². The normalized spacial score (nSPS) is 27.1. The number of halogens is 2. The van der Waals surface area contributed by atoms with Gasteiger partial charge in [-0.2, -0.15) is 0 Å². The van der Waals surface area contributed by atoms with Gasteiger partial charge in [0, 0.05) is 19.6 Å². The number of benzene rings is 1. The van der Waals surface area contributed by atoms with Gasteiger partial charge in [-0.05, 0) is 42.9 Å². The first-order valence-corrected chi connectivity index (χ1v) is 8.04. The molecule has 3 atom stereocenters. The van der Waals surface area contributed by atoms with E-state index < -0.39 is 11.6 Å². The number of nitrogens with zero attached hydrogens (tertiary/aromatic N) is 1. The zero-order chi connectivity index (χ0) is 16.4. The highest BCUT2D eigenvalue weighted by Crippen LogP contribution is 2.34. The van der Waals surface area contributed by atoms with Crippen LogP contribution in [0.15, 0.2) is 18.2 Å². The monoisotopic (exact) mass is 325 g/mol. The van der Waals surface area contributed by atoms with Crippen LogP contribution in [0.25, 0.3) is 0 Å². The number of hydrogen-bond acceptors (Lipinski definition) is 3. The van der Waals surface area contributed by atoms with Crippen LogP contribution in [-0.4, -0.2) is 47.8 Å². The fourth-order valence-electron chi connectivity index (χ4n) is 3.60. The third-order valence-corrected chi connectivity index (χ3v) is 4.82. The van der Waals surface area contributed by atoms with Gasteiger partial charge in [0.25, 0.3) is 0 Å². The molecule has 1 aromatic carbocycles.